The van der Waals surface area contributed by atoms with E-state index in [2.05, 4.69) is 10.1 Å². The molecule has 1 aliphatic carbocycles. The van der Waals surface area contributed by atoms with E-state index >= 15 is 0 Å². The minimum Gasteiger partial charge on any atom is -0.469 e. The summed E-state index contributed by atoms with van der Waals surface area (Å²) in [5.41, 5.74) is 0. The first-order valence-electron chi connectivity index (χ1n) is 6.69. The number of amides is 1. The molecule has 1 aliphatic rings. The van der Waals surface area contributed by atoms with E-state index in [1.807, 2.05) is 0 Å². The van der Waals surface area contributed by atoms with Crippen molar-refractivity contribution < 1.29 is 27.5 Å². The molecule has 0 radical (unpaired) electrons. The van der Waals surface area contributed by atoms with E-state index in [0.29, 0.717) is 19.3 Å². The number of nitrogens with one attached hydrogen (secondary N) is 1. The van der Waals surface area contributed by atoms with Gasteiger partial charge in [-0.1, -0.05) is 19.8 Å². The number of carbonyl (C=O) groups excluding carboxylic acids is 2. The molecule has 1 saturated carbocycles. The maximum Gasteiger partial charge on any atom is 0.393 e. The summed E-state index contributed by atoms with van der Waals surface area (Å²) in [6.45, 7) is 1.51. The molecule has 116 valence electrons. The van der Waals surface area contributed by atoms with Gasteiger partial charge in [0.1, 0.15) is 0 Å². The second-order valence-electron chi connectivity index (χ2n) is 5.23. The Labute approximate surface area is 116 Å². The Morgan fingerprint density at radius 1 is 1.30 bits per heavy atom. The maximum absolute atomic E-state index is 12.9. The fourth-order valence-corrected chi connectivity index (χ4v) is 2.52. The van der Waals surface area contributed by atoms with E-state index in [1.165, 1.54) is 14.0 Å². The molecule has 0 saturated heterocycles. The van der Waals surface area contributed by atoms with Crippen molar-refractivity contribution in [2.75, 3.05) is 7.11 Å². The number of methoxy groups -OCH3 is 1. The normalized spacial score (nSPS) is 24.9. The van der Waals surface area contributed by atoms with Gasteiger partial charge in [0.2, 0.25) is 5.91 Å². The number of rotatable bonds is 4. The fraction of sp³-hybridized carbons (Fsp3) is 0.846. The van der Waals surface area contributed by atoms with Gasteiger partial charge in [-0.25, -0.2) is 0 Å². The highest BCUT2D eigenvalue weighted by Gasteiger charge is 2.45. The molecule has 0 aromatic heterocycles. The van der Waals surface area contributed by atoms with Crippen LogP contribution in [0.3, 0.4) is 0 Å². The van der Waals surface area contributed by atoms with Crippen molar-refractivity contribution in [3.8, 4) is 0 Å². The lowest BCUT2D eigenvalue weighted by atomic mass is 9.84. The second kappa shape index (κ2) is 6.95. The van der Waals surface area contributed by atoms with Crippen LogP contribution in [0, 0.1) is 11.8 Å². The van der Waals surface area contributed by atoms with Gasteiger partial charge in [-0.05, 0) is 12.8 Å². The molecule has 1 rings (SSSR count). The van der Waals surface area contributed by atoms with Gasteiger partial charge in [-0.2, -0.15) is 13.2 Å². The van der Waals surface area contributed by atoms with Gasteiger partial charge in [0.25, 0.3) is 0 Å². The average molecular weight is 295 g/mol. The number of alkyl halides is 3. The summed E-state index contributed by atoms with van der Waals surface area (Å²) in [5.74, 6) is -3.23. The largest absolute Gasteiger partial charge is 0.469 e. The molecule has 1 fully saturated rings. The molecule has 0 aromatic rings. The molecule has 0 aliphatic heterocycles. The van der Waals surface area contributed by atoms with Crippen molar-refractivity contribution in [1.29, 1.82) is 0 Å². The molecule has 0 heterocycles. The molecular formula is C13H20F3NO3. The number of carbonyl (C=O) groups is 2. The highest BCUT2D eigenvalue weighted by molar-refractivity contribution is 5.82. The van der Waals surface area contributed by atoms with E-state index in [4.69, 9.17) is 0 Å². The van der Waals surface area contributed by atoms with Crippen LogP contribution in [0.4, 0.5) is 13.2 Å². The molecule has 3 atom stereocenters. The van der Waals surface area contributed by atoms with Crippen LogP contribution in [0.1, 0.15) is 39.0 Å². The van der Waals surface area contributed by atoms with Crippen LogP contribution in [0.5, 0.6) is 0 Å². The van der Waals surface area contributed by atoms with Crippen LogP contribution in [0.15, 0.2) is 0 Å². The lowest BCUT2D eigenvalue weighted by molar-refractivity contribution is -0.189. The summed E-state index contributed by atoms with van der Waals surface area (Å²) in [7, 11) is 1.21. The molecule has 0 spiro atoms. The molecule has 1 N–H and O–H groups in total. The van der Waals surface area contributed by atoms with Crippen LogP contribution in [0.25, 0.3) is 0 Å². The molecule has 0 aromatic carbocycles. The number of ether oxygens (including phenoxy) is 1. The van der Waals surface area contributed by atoms with E-state index in [-0.39, 0.29) is 12.8 Å². The van der Waals surface area contributed by atoms with Crippen molar-refractivity contribution in [1.82, 2.24) is 5.32 Å². The summed E-state index contributed by atoms with van der Waals surface area (Å²) in [6, 6.07) is -0.888. The van der Waals surface area contributed by atoms with Crippen molar-refractivity contribution in [3.05, 3.63) is 0 Å². The molecule has 0 bridgehead atoms. The zero-order chi connectivity index (χ0) is 15.3. The van der Waals surface area contributed by atoms with Gasteiger partial charge in [0.15, 0.2) is 0 Å². The van der Waals surface area contributed by atoms with Gasteiger partial charge in [-0.15, -0.1) is 0 Å². The summed E-state index contributed by atoms with van der Waals surface area (Å²) < 4.78 is 43.1. The highest BCUT2D eigenvalue weighted by atomic mass is 19.4. The SMILES string of the molecule is COC(=O)[C@H](C)CC(=O)N[C@H]1CCCC[C@H]1C(F)(F)F. The van der Waals surface area contributed by atoms with Crippen molar-refractivity contribution in [3.63, 3.8) is 0 Å². The highest BCUT2D eigenvalue weighted by Crippen LogP contribution is 2.37. The second-order valence-corrected chi connectivity index (χ2v) is 5.23. The predicted octanol–water partition coefficient (Wildman–Crippen LogP) is 2.42. The molecule has 20 heavy (non-hydrogen) atoms. The van der Waals surface area contributed by atoms with Crippen LogP contribution >= 0.6 is 0 Å². The Bertz CT molecular complexity index is 357. The van der Waals surface area contributed by atoms with E-state index in [1.54, 1.807) is 0 Å². The Hall–Kier alpha value is -1.27. The molecular weight excluding hydrogens is 275 g/mol. The summed E-state index contributed by atoms with van der Waals surface area (Å²) in [5, 5.41) is 2.42. The number of esters is 1. The lowest BCUT2D eigenvalue weighted by Crippen LogP contribution is -2.48. The average Bonchev–Trinajstić information content (AvgIpc) is 2.36. The number of hydrogen-bond donors (Lipinski definition) is 1. The van der Waals surface area contributed by atoms with Gasteiger partial charge in [0, 0.05) is 12.5 Å². The van der Waals surface area contributed by atoms with Gasteiger partial charge in [-0.3, -0.25) is 9.59 Å². The van der Waals surface area contributed by atoms with Crippen molar-refractivity contribution >= 4 is 11.9 Å². The van der Waals surface area contributed by atoms with Crippen molar-refractivity contribution in [2.24, 2.45) is 11.8 Å². The van der Waals surface area contributed by atoms with Crippen LogP contribution in [-0.4, -0.2) is 31.2 Å². The monoisotopic (exact) mass is 295 g/mol. The quantitative estimate of drug-likeness (QED) is 0.810. The first-order valence-corrected chi connectivity index (χ1v) is 6.69. The van der Waals surface area contributed by atoms with E-state index in [9.17, 15) is 22.8 Å². The Morgan fingerprint density at radius 2 is 1.90 bits per heavy atom. The third-order valence-electron chi connectivity index (χ3n) is 3.63. The van der Waals surface area contributed by atoms with Crippen LogP contribution in [0.2, 0.25) is 0 Å². The number of hydrogen-bond acceptors (Lipinski definition) is 3. The van der Waals surface area contributed by atoms with E-state index < -0.39 is 35.9 Å². The van der Waals surface area contributed by atoms with Gasteiger partial charge in [0.05, 0.1) is 18.9 Å². The smallest absolute Gasteiger partial charge is 0.393 e. The first-order chi connectivity index (χ1) is 9.25. The Kier molecular flexibility index (Phi) is 5.83. The minimum absolute atomic E-state index is 0.0427. The maximum atomic E-state index is 12.9. The molecule has 1 amide bonds. The Balaban J connectivity index is 2.56. The van der Waals surface area contributed by atoms with Gasteiger partial charge < -0.3 is 10.1 Å². The van der Waals surface area contributed by atoms with E-state index in [0.717, 1.165) is 0 Å². The number of halogens is 3. The third kappa shape index (κ3) is 4.68. The minimum atomic E-state index is -4.30. The third-order valence-corrected chi connectivity index (χ3v) is 3.63. The Morgan fingerprint density at radius 3 is 2.45 bits per heavy atom. The summed E-state index contributed by atoms with van der Waals surface area (Å²) in [6.07, 6.45) is -2.90. The molecule has 7 heteroatoms. The van der Waals surface area contributed by atoms with Crippen molar-refractivity contribution in [2.45, 2.75) is 51.2 Å². The molecule has 0 unspecified atom stereocenters. The topological polar surface area (TPSA) is 55.4 Å². The molecule has 4 nitrogen and oxygen atoms in total. The fourth-order valence-electron chi connectivity index (χ4n) is 2.52. The van der Waals surface area contributed by atoms with Gasteiger partial charge >= 0.3 is 12.1 Å². The lowest BCUT2D eigenvalue weighted by Gasteiger charge is -2.33. The predicted molar refractivity (Wildman–Crippen MR) is 65.7 cm³/mol. The zero-order valence-electron chi connectivity index (χ0n) is 11.6. The first kappa shape index (κ1) is 16.8. The standard InChI is InChI=1S/C13H20F3NO3/c1-8(12(19)20-2)7-11(18)17-10-6-4-3-5-9(10)13(14,15)16/h8-10H,3-7H2,1-2H3,(H,17,18)/t8-,9-,10+/m1/s1. The summed E-state index contributed by atoms with van der Waals surface area (Å²) >= 11 is 0. The van der Waals surface area contributed by atoms with Crippen LogP contribution in [-0.2, 0) is 14.3 Å². The zero-order valence-corrected chi connectivity index (χ0v) is 11.6. The summed E-state index contributed by atoms with van der Waals surface area (Å²) in [4.78, 5) is 22.9. The van der Waals surface area contributed by atoms with Crippen LogP contribution < -0.4 is 5.32 Å².